The van der Waals surface area contributed by atoms with Crippen molar-refractivity contribution in [2.75, 3.05) is 7.11 Å². The summed E-state index contributed by atoms with van der Waals surface area (Å²) < 4.78 is 6.07. The summed E-state index contributed by atoms with van der Waals surface area (Å²) in [4.78, 5) is 12.5. The molecule has 0 aliphatic heterocycles. The largest absolute Gasteiger partial charge is 0.496 e. The number of hydrogen-bond acceptors (Lipinski definition) is 3. The third-order valence-corrected chi connectivity index (χ3v) is 3.32. The van der Waals surface area contributed by atoms with E-state index in [9.17, 15) is 4.79 Å². The van der Waals surface area contributed by atoms with Crippen molar-refractivity contribution in [1.82, 2.24) is 0 Å². The van der Waals surface area contributed by atoms with Gasteiger partial charge in [-0.05, 0) is 29.8 Å². The van der Waals surface area contributed by atoms with Gasteiger partial charge >= 0.3 is 0 Å². The van der Waals surface area contributed by atoms with E-state index in [2.05, 4.69) is 15.9 Å². The zero-order valence-corrected chi connectivity index (χ0v) is 12.1. The van der Waals surface area contributed by atoms with Crippen LogP contribution in [0.3, 0.4) is 0 Å². The van der Waals surface area contributed by atoms with Gasteiger partial charge in [0.15, 0.2) is 5.78 Å². The summed E-state index contributed by atoms with van der Waals surface area (Å²) in [6, 6.07) is 12.7. The maximum Gasteiger partial charge on any atom is 0.196 e. The Labute approximate surface area is 120 Å². The molecule has 0 aromatic heterocycles. The average Bonchev–Trinajstić information content (AvgIpc) is 2.46. The predicted molar refractivity (Wildman–Crippen MR) is 78.5 cm³/mol. The third-order valence-electron chi connectivity index (χ3n) is 2.83. The quantitative estimate of drug-likeness (QED) is 0.881. The molecule has 98 valence electrons. The Morgan fingerprint density at radius 1 is 1.26 bits per heavy atom. The van der Waals surface area contributed by atoms with Crippen molar-refractivity contribution in [2.24, 2.45) is 5.73 Å². The fraction of sp³-hybridized carbons (Fsp3) is 0.133. The zero-order valence-electron chi connectivity index (χ0n) is 10.5. The second-order valence-electron chi connectivity index (χ2n) is 4.08. The first-order valence-corrected chi connectivity index (χ1v) is 6.62. The van der Waals surface area contributed by atoms with Crippen LogP contribution in [0.25, 0.3) is 0 Å². The maximum atomic E-state index is 12.5. The number of rotatable bonds is 4. The van der Waals surface area contributed by atoms with Crippen molar-refractivity contribution in [3.63, 3.8) is 0 Å². The number of methoxy groups -OCH3 is 1. The van der Waals surface area contributed by atoms with Crippen LogP contribution in [0.2, 0.25) is 0 Å². The van der Waals surface area contributed by atoms with Crippen molar-refractivity contribution in [3.05, 3.63) is 63.6 Å². The van der Waals surface area contributed by atoms with Crippen LogP contribution in [0.1, 0.15) is 21.5 Å². The van der Waals surface area contributed by atoms with Crippen molar-refractivity contribution < 1.29 is 9.53 Å². The first-order chi connectivity index (χ1) is 9.15. The SMILES string of the molecule is COc1ccc(Br)cc1C(=O)c1cccc(CN)c1. The summed E-state index contributed by atoms with van der Waals surface area (Å²) in [5, 5.41) is 0. The van der Waals surface area contributed by atoms with Crippen LogP contribution in [0, 0.1) is 0 Å². The van der Waals surface area contributed by atoms with Crippen LogP contribution in [-0.4, -0.2) is 12.9 Å². The Morgan fingerprint density at radius 3 is 2.74 bits per heavy atom. The van der Waals surface area contributed by atoms with E-state index in [1.807, 2.05) is 24.3 Å². The first kappa shape index (κ1) is 13.8. The van der Waals surface area contributed by atoms with E-state index in [1.165, 1.54) is 0 Å². The topological polar surface area (TPSA) is 52.3 Å². The number of benzene rings is 2. The van der Waals surface area contributed by atoms with Gasteiger partial charge in [0, 0.05) is 16.6 Å². The smallest absolute Gasteiger partial charge is 0.196 e. The van der Waals surface area contributed by atoms with Gasteiger partial charge in [-0.25, -0.2) is 0 Å². The summed E-state index contributed by atoms with van der Waals surface area (Å²) in [7, 11) is 1.55. The molecule has 0 amide bonds. The van der Waals surface area contributed by atoms with Gasteiger partial charge in [-0.3, -0.25) is 4.79 Å². The molecule has 0 bridgehead atoms. The fourth-order valence-corrected chi connectivity index (χ4v) is 2.21. The maximum absolute atomic E-state index is 12.5. The van der Waals surface area contributed by atoms with Crippen LogP contribution < -0.4 is 10.5 Å². The van der Waals surface area contributed by atoms with Gasteiger partial charge in [0.1, 0.15) is 5.75 Å². The van der Waals surface area contributed by atoms with E-state index in [1.54, 1.807) is 25.3 Å². The summed E-state index contributed by atoms with van der Waals surface area (Å²) in [5.41, 5.74) is 7.67. The molecular weight excluding hydrogens is 306 g/mol. The van der Waals surface area contributed by atoms with E-state index in [0.717, 1.165) is 10.0 Å². The minimum Gasteiger partial charge on any atom is -0.496 e. The summed E-state index contributed by atoms with van der Waals surface area (Å²) in [6.07, 6.45) is 0. The predicted octanol–water partition coefficient (Wildman–Crippen LogP) is 3.15. The molecule has 0 fully saturated rings. The highest BCUT2D eigenvalue weighted by atomic mass is 79.9. The van der Waals surface area contributed by atoms with Crippen LogP contribution in [0.4, 0.5) is 0 Å². The molecule has 0 heterocycles. The van der Waals surface area contributed by atoms with Crippen molar-refractivity contribution in [2.45, 2.75) is 6.54 Å². The van der Waals surface area contributed by atoms with Gasteiger partial charge in [-0.2, -0.15) is 0 Å². The second kappa shape index (κ2) is 5.99. The molecule has 0 atom stereocenters. The van der Waals surface area contributed by atoms with E-state index < -0.39 is 0 Å². The third kappa shape index (κ3) is 3.03. The monoisotopic (exact) mass is 319 g/mol. The molecule has 0 aliphatic rings. The molecule has 0 spiro atoms. The van der Waals surface area contributed by atoms with Gasteiger partial charge in [0.2, 0.25) is 0 Å². The molecule has 2 aromatic carbocycles. The van der Waals surface area contributed by atoms with Gasteiger partial charge in [-0.15, -0.1) is 0 Å². The lowest BCUT2D eigenvalue weighted by molar-refractivity contribution is 0.103. The molecule has 0 unspecified atom stereocenters. The van der Waals surface area contributed by atoms with E-state index in [0.29, 0.717) is 23.4 Å². The molecule has 0 saturated heterocycles. The Kier molecular flexibility index (Phi) is 4.35. The van der Waals surface area contributed by atoms with E-state index in [-0.39, 0.29) is 5.78 Å². The normalized spacial score (nSPS) is 10.3. The van der Waals surface area contributed by atoms with Gasteiger partial charge in [0.25, 0.3) is 0 Å². The van der Waals surface area contributed by atoms with Gasteiger partial charge < -0.3 is 10.5 Å². The van der Waals surface area contributed by atoms with Crippen LogP contribution in [0.5, 0.6) is 5.75 Å². The molecule has 2 aromatic rings. The lowest BCUT2D eigenvalue weighted by Gasteiger charge is -2.09. The number of carbonyl (C=O) groups is 1. The number of ether oxygens (including phenoxy) is 1. The van der Waals surface area contributed by atoms with E-state index in [4.69, 9.17) is 10.5 Å². The number of hydrogen-bond donors (Lipinski definition) is 1. The standard InChI is InChI=1S/C15H14BrNO2/c1-19-14-6-5-12(16)8-13(14)15(18)11-4-2-3-10(7-11)9-17/h2-8H,9,17H2,1H3. The molecule has 0 radical (unpaired) electrons. The zero-order chi connectivity index (χ0) is 13.8. The number of carbonyl (C=O) groups excluding carboxylic acids is 1. The van der Waals surface area contributed by atoms with Crippen molar-refractivity contribution >= 4 is 21.7 Å². The van der Waals surface area contributed by atoms with E-state index >= 15 is 0 Å². The van der Waals surface area contributed by atoms with Gasteiger partial charge in [-0.1, -0.05) is 34.1 Å². The molecule has 2 rings (SSSR count). The summed E-state index contributed by atoms with van der Waals surface area (Å²) >= 11 is 3.37. The van der Waals surface area contributed by atoms with Gasteiger partial charge in [0.05, 0.1) is 12.7 Å². The lowest BCUT2D eigenvalue weighted by atomic mass is 10.0. The van der Waals surface area contributed by atoms with Crippen molar-refractivity contribution in [3.8, 4) is 5.75 Å². The molecular formula is C15H14BrNO2. The summed E-state index contributed by atoms with van der Waals surface area (Å²) in [6.45, 7) is 0.413. The Hall–Kier alpha value is -1.65. The Balaban J connectivity index is 2.46. The minimum absolute atomic E-state index is 0.0755. The average molecular weight is 320 g/mol. The minimum atomic E-state index is -0.0755. The molecule has 2 N–H and O–H groups in total. The highest BCUT2D eigenvalue weighted by molar-refractivity contribution is 9.10. The number of ketones is 1. The van der Waals surface area contributed by atoms with Crippen LogP contribution in [-0.2, 0) is 6.54 Å². The molecule has 19 heavy (non-hydrogen) atoms. The number of nitrogens with two attached hydrogens (primary N) is 1. The highest BCUT2D eigenvalue weighted by Gasteiger charge is 2.15. The molecule has 3 nitrogen and oxygen atoms in total. The fourth-order valence-electron chi connectivity index (χ4n) is 1.85. The highest BCUT2D eigenvalue weighted by Crippen LogP contribution is 2.25. The summed E-state index contributed by atoms with van der Waals surface area (Å²) in [5.74, 6) is 0.486. The molecule has 0 saturated carbocycles. The Morgan fingerprint density at radius 2 is 2.05 bits per heavy atom. The van der Waals surface area contributed by atoms with Crippen LogP contribution >= 0.6 is 15.9 Å². The molecule has 0 aliphatic carbocycles. The first-order valence-electron chi connectivity index (χ1n) is 5.83. The lowest BCUT2D eigenvalue weighted by Crippen LogP contribution is -2.05. The van der Waals surface area contributed by atoms with Crippen LogP contribution in [0.15, 0.2) is 46.9 Å². The molecule has 4 heteroatoms. The van der Waals surface area contributed by atoms with Crippen molar-refractivity contribution in [1.29, 1.82) is 0 Å². The number of halogens is 1. The second-order valence-corrected chi connectivity index (χ2v) is 4.99. The Bertz CT molecular complexity index is 611.